The van der Waals surface area contributed by atoms with Crippen LogP contribution < -0.4 is 0 Å². The predicted molar refractivity (Wildman–Crippen MR) is 88.1 cm³/mol. The summed E-state index contributed by atoms with van der Waals surface area (Å²) < 4.78 is 10.5. The smallest absolute Gasteiger partial charge is 0.410 e. The Labute approximate surface area is 139 Å². The van der Waals surface area contributed by atoms with Gasteiger partial charge in [0.05, 0.1) is 13.0 Å². The third kappa shape index (κ3) is 4.98. The first kappa shape index (κ1) is 17.8. The summed E-state index contributed by atoms with van der Waals surface area (Å²) in [5.74, 6) is -0.181. The minimum atomic E-state index is -0.467. The number of carbonyl (C=O) groups excluding carboxylic acids is 2. The second-order valence-corrected chi connectivity index (χ2v) is 7.41. The number of ether oxygens (including phenoxy) is 2. The molecule has 0 aromatic heterocycles. The molecule has 0 spiro atoms. The summed E-state index contributed by atoms with van der Waals surface area (Å²) in [4.78, 5) is 25.9. The van der Waals surface area contributed by atoms with Gasteiger partial charge < -0.3 is 14.4 Å². The van der Waals surface area contributed by atoms with Crippen LogP contribution in [0.3, 0.4) is 0 Å². The van der Waals surface area contributed by atoms with Crippen LogP contribution in [-0.4, -0.2) is 41.3 Å². The van der Waals surface area contributed by atoms with Gasteiger partial charge in [0.25, 0.3) is 0 Å². The first-order valence-electron chi connectivity index (χ1n) is 8.65. The molecule has 0 N–H and O–H groups in total. The standard InChI is InChI=1S/C18H29NO4/c1-5-22-16(20)10-9-13-11-14-7-6-8-15(12-13)19(14)17(21)23-18(2,3)4/h9,14-15H,5-8,10-12H2,1-4H3. The average Bonchev–Trinajstić information content (AvgIpc) is 2.42. The molecule has 2 bridgehead atoms. The van der Waals surface area contributed by atoms with Gasteiger partial charge in [-0.05, 0) is 59.8 Å². The Bertz CT molecular complexity index is 462. The van der Waals surface area contributed by atoms with E-state index in [1.54, 1.807) is 0 Å². The number of esters is 1. The molecule has 130 valence electrons. The largest absolute Gasteiger partial charge is 0.466 e. The minimum absolute atomic E-state index is 0.181. The highest BCUT2D eigenvalue weighted by atomic mass is 16.6. The van der Waals surface area contributed by atoms with Crippen molar-refractivity contribution in [3.63, 3.8) is 0 Å². The summed E-state index contributed by atoms with van der Waals surface area (Å²) in [5, 5.41) is 0. The quantitative estimate of drug-likeness (QED) is 0.585. The Balaban J connectivity index is 2.01. The lowest BCUT2D eigenvalue weighted by Gasteiger charge is -2.47. The number of piperidine rings is 2. The molecule has 2 heterocycles. The van der Waals surface area contributed by atoms with Gasteiger partial charge in [0.2, 0.25) is 0 Å². The molecule has 23 heavy (non-hydrogen) atoms. The molecule has 2 saturated heterocycles. The van der Waals surface area contributed by atoms with Crippen molar-refractivity contribution in [3.05, 3.63) is 11.6 Å². The Morgan fingerprint density at radius 1 is 1.22 bits per heavy atom. The first-order valence-corrected chi connectivity index (χ1v) is 8.65. The molecule has 0 aromatic rings. The van der Waals surface area contributed by atoms with E-state index in [1.807, 2.05) is 38.7 Å². The summed E-state index contributed by atoms with van der Waals surface area (Å²) >= 11 is 0. The Hall–Kier alpha value is -1.52. The number of amides is 1. The van der Waals surface area contributed by atoms with Crippen molar-refractivity contribution in [2.45, 2.75) is 83.9 Å². The lowest BCUT2D eigenvalue weighted by molar-refractivity contribution is -0.142. The molecule has 0 aliphatic carbocycles. The van der Waals surface area contributed by atoms with Crippen LogP contribution in [0.4, 0.5) is 4.79 Å². The maximum absolute atomic E-state index is 12.5. The van der Waals surface area contributed by atoms with Crippen molar-refractivity contribution < 1.29 is 19.1 Å². The highest BCUT2D eigenvalue weighted by molar-refractivity contribution is 5.71. The van der Waals surface area contributed by atoms with E-state index in [9.17, 15) is 9.59 Å². The molecule has 0 radical (unpaired) electrons. The normalized spacial score (nSPS) is 24.2. The number of rotatable bonds is 3. The van der Waals surface area contributed by atoms with E-state index >= 15 is 0 Å². The lowest BCUT2D eigenvalue weighted by Crippen LogP contribution is -2.54. The van der Waals surface area contributed by atoms with Gasteiger partial charge in [-0.25, -0.2) is 4.79 Å². The van der Waals surface area contributed by atoms with Crippen molar-refractivity contribution in [2.24, 2.45) is 0 Å². The number of fused-ring (bicyclic) bond motifs is 2. The number of carbonyl (C=O) groups is 2. The van der Waals surface area contributed by atoms with Gasteiger partial charge in [0.1, 0.15) is 5.60 Å². The zero-order chi connectivity index (χ0) is 17.0. The van der Waals surface area contributed by atoms with Crippen LogP contribution in [0.5, 0.6) is 0 Å². The molecule has 2 fully saturated rings. The number of nitrogens with zero attached hydrogens (tertiary/aromatic N) is 1. The predicted octanol–water partition coefficient (Wildman–Crippen LogP) is 3.82. The second-order valence-electron chi connectivity index (χ2n) is 7.41. The maximum atomic E-state index is 12.5. The zero-order valence-electron chi connectivity index (χ0n) is 14.8. The highest BCUT2D eigenvalue weighted by Gasteiger charge is 2.40. The van der Waals surface area contributed by atoms with Crippen LogP contribution in [0.1, 0.15) is 66.2 Å². The van der Waals surface area contributed by atoms with E-state index in [4.69, 9.17) is 9.47 Å². The molecule has 2 unspecified atom stereocenters. The van der Waals surface area contributed by atoms with Crippen molar-refractivity contribution in [3.8, 4) is 0 Å². The van der Waals surface area contributed by atoms with Gasteiger partial charge in [0.15, 0.2) is 0 Å². The summed E-state index contributed by atoms with van der Waals surface area (Å²) in [5.41, 5.74) is 0.804. The topological polar surface area (TPSA) is 55.8 Å². The van der Waals surface area contributed by atoms with Crippen LogP contribution in [0.25, 0.3) is 0 Å². The molecular formula is C18H29NO4. The molecule has 2 atom stereocenters. The Kier molecular flexibility index (Phi) is 5.71. The van der Waals surface area contributed by atoms with Gasteiger partial charge in [0, 0.05) is 12.1 Å². The minimum Gasteiger partial charge on any atom is -0.466 e. The van der Waals surface area contributed by atoms with Crippen molar-refractivity contribution in [2.75, 3.05) is 6.61 Å². The third-order valence-corrected chi connectivity index (χ3v) is 4.32. The molecular weight excluding hydrogens is 294 g/mol. The van der Waals surface area contributed by atoms with Gasteiger partial charge in [-0.2, -0.15) is 0 Å². The molecule has 2 aliphatic rings. The number of hydrogen-bond acceptors (Lipinski definition) is 4. The van der Waals surface area contributed by atoms with Crippen LogP contribution in [-0.2, 0) is 14.3 Å². The molecule has 2 aliphatic heterocycles. The second kappa shape index (κ2) is 7.37. The first-order chi connectivity index (χ1) is 10.8. The fourth-order valence-corrected chi connectivity index (χ4v) is 3.48. The van der Waals surface area contributed by atoms with Gasteiger partial charge in [-0.1, -0.05) is 11.6 Å². The fraction of sp³-hybridized carbons (Fsp3) is 0.778. The van der Waals surface area contributed by atoms with Crippen molar-refractivity contribution >= 4 is 12.1 Å². The van der Waals surface area contributed by atoms with Crippen molar-refractivity contribution in [1.82, 2.24) is 4.90 Å². The van der Waals surface area contributed by atoms with E-state index in [1.165, 1.54) is 5.57 Å². The summed E-state index contributed by atoms with van der Waals surface area (Å²) in [7, 11) is 0. The summed E-state index contributed by atoms with van der Waals surface area (Å²) in [6, 6.07) is 0.400. The van der Waals surface area contributed by atoms with Crippen LogP contribution in [0.2, 0.25) is 0 Å². The van der Waals surface area contributed by atoms with Gasteiger partial charge in [-0.15, -0.1) is 0 Å². The van der Waals surface area contributed by atoms with Crippen LogP contribution >= 0.6 is 0 Å². The van der Waals surface area contributed by atoms with Crippen LogP contribution in [0, 0.1) is 0 Å². The Morgan fingerprint density at radius 2 is 1.83 bits per heavy atom. The van der Waals surface area contributed by atoms with E-state index in [0.29, 0.717) is 13.0 Å². The summed E-state index contributed by atoms with van der Waals surface area (Å²) in [6.07, 6.45) is 6.98. The molecule has 2 rings (SSSR count). The average molecular weight is 323 g/mol. The summed E-state index contributed by atoms with van der Waals surface area (Å²) in [6.45, 7) is 7.92. The Morgan fingerprint density at radius 3 is 2.35 bits per heavy atom. The van der Waals surface area contributed by atoms with Gasteiger partial charge in [-0.3, -0.25) is 4.79 Å². The van der Waals surface area contributed by atoms with E-state index in [2.05, 4.69) is 0 Å². The fourth-order valence-electron chi connectivity index (χ4n) is 3.48. The highest BCUT2D eigenvalue weighted by Crippen LogP contribution is 2.37. The van der Waals surface area contributed by atoms with Crippen LogP contribution in [0.15, 0.2) is 11.6 Å². The maximum Gasteiger partial charge on any atom is 0.410 e. The van der Waals surface area contributed by atoms with E-state index in [-0.39, 0.29) is 24.1 Å². The SMILES string of the molecule is CCOC(=O)CC=C1CC2CCCC(C1)N2C(=O)OC(C)(C)C. The zero-order valence-corrected chi connectivity index (χ0v) is 14.8. The monoisotopic (exact) mass is 323 g/mol. The molecule has 5 nitrogen and oxygen atoms in total. The molecule has 0 aromatic carbocycles. The van der Waals surface area contributed by atoms with Gasteiger partial charge >= 0.3 is 12.1 Å². The van der Waals surface area contributed by atoms with E-state index < -0.39 is 5.60 Å². The van der Waals surface area contributed by atoms with E-state index in [0.717, 1.165) is 32.1 Å². The third-order valence-electron chi connectivity index (χ3n) is 4.32. The lowest BCUT2D eigenvalue weighted by atomic mass is 9.81. The molecule has 1 amide bonds. The number of hydrogen-bond donors (Lipinski definition) is 0. The van der Waals surface area contributed by atoms with Crippen molar-refractivity contribution in [1.29, 1.82) is 0 Å². The molecule has 5 heteroatoms. The molecule has 0 saturated carbocycles.